The molecule has 3 N–H and O–H groups in total. The second-order valence-electron chi connectivity index (χ2n) is 8.16. The maximum Gasteiger partial charge on any atom is 0.235 e. The molecule has 8 heteroatoms. The van der Waals surface area contributed by atoms with Crippen LogP contribution in [0, 0.1) is 11.3 Å². The third-order valence-corrected chi connectivity index (χ3v) is 6.00. The largest absolute Gasteiger partial charge is 0.508 e. The van der Waals surface area contributed by atoms with Crippen LogP contribution < -0.4 is 5.73 Å². The highest BCUT2D eigenvalue weighted by atomic mass is 35.5. The first-order valence-electron chi connectivity index (χ1n) is 10.9. The number of carbonyl (C=O) groups excluding carboxylic acids is 1. The number of hydrogen-bond donors (Lipinski definition) is 2. The monoisotopic (exact) mass is 486 g/mol. The van der Waals surface area contributed by atoms with Gasteiger partial charge < -0.3 is 15.4 Å². The van der Waals surface area contributed by atoms with Crippen LogP contribution in [0.3, 0.4) is 0 Å². The number of aromatic hydroxyl groups is 1. The first kappa shape index (κ1) is 24.0. The van der Waals surface area contributed by atoms with Crippen molar-refractivity contribution >= 4 is 17.5 Å². The predicted octanol–water partition coefficient (Wildman–Crippen LogP) is 4.67. The summed E-state index contributed by atoms with van der Waals surface area (Å²) in [6.07, 6.45) is 0.348. The number of primary amides is 1. The van der Waals surface area contributed by atoms with Crippen LogP contribution in [-0.2, 0) is 24.3 Å². The zero-order chi connectivity index (χ0) is 24.8. The zero-order valence-electron chi connectivity index (χ0n) is 18.8. The molecular weight excluding hydrogens is 464 g/mol. The summed E-state index contributed by atoms with van der Waals surface area (Å²) in [6, 6.07) is 24.4. The van der Waals surface area contributed by atoms with Gasteiger partial charge in [0.2, 0.25) is 5.91 Å². The van der Waals surface area contributed by atoms with Gasteiger partial charge in [-0.15, -0.1) is 0 Å². The third-order valence-electron chi connectivity index (χ3n) is 5.67. The lowest BCUT2D eigenvalue weighted by Gasteiger charge is -2.29. The van der Waals surface area contributed by atoms with Gasteiger partial charge in [0.1, 0.15) is 5.75 Å². The average molecular weight is 487 g/mol. The lowest BCUT2D eigenvalue weighted by molar-refractivity contribution is -0.123. The molecule has 4 rings (SSSR count). The molecule has 1 aromatic heterocycles. The van der Waals surface area contributed by atoms with Crippen LogP contribution in [0.5, 0.6) is 5.75 Å². The van der Waals surface area contributed by atoms with Crippen LogP contribution in [-0.4, -0.2) is 27.1 Å². The van der Waals surface area contributed by atoms with E-state index in [9.17, 15) is 9.90 Å². The zero-order valence-corrected chi connectivity index (χ0v) is 19.5. The van der Waals surface area contributed by atoms with Gasteiger partial charge in [-0.25, -0.2) is 0 Å². The Hall–Kier alpha value is -4.12. The number of carbonyl (C=O) groups is 1. The molecule has 0 saturated carbocycles. The van der Waals surface area contributed by atoms with Crippen molar-refractivity contribution in [3.63, 3.8) is 0 Å². The molecule has 176 valence electrons. The van der Waals surface area contributed by atoms with Crippen molar-refractivity contribution in [3.8, 4) is 23.1 Å². The number of nitrogens with two attached hydrogens (primary N) is 1. The van der Waals surface area contributed by atoms with Gasteiger partial charge in [-0.3, -0.25) is 9.69 Å². The lowest BCUT2D eigenvalue weighted by Crippen LogP contribution is -2.45. The van der Waals surface area contributed by atoms with Crippen LogP contribution in [0.2, 0.25) is 5.02 Å². The minimum absolute atomic E-state index is 0.147. The van der Waals surface area contributed by atoms with E-state index in [1.54, 1.807) is 48.5 Å². The normalized spacial score (nSPS) is 11.8. The quantitative estimate of drug-likeness (QED) is 0.355. The van der Waals surface area contributed by atoms with Gasteiger partial charge in [0.25, 0.3) is 0 Å². The molecular formula is C27H23ClN4O3. The molecule has 1 atom stereocenters. The topological polar surface area (TPSA) is 116 Å². The molecule has 0 radical (unpaired) electrons. The average Bonchev–Trinajstić information content (AvgIpc) is 3.32. The smallest absolute Gasteiger partial charge is 0.235 e. The number of rotatable bonds is 9. The molecule has 0 aliphatic heterocycles. The van der Waals surface area contributed by atoms with Gasteiger partial charge in [-0.2, -0.15) is 5.26 Å². The molecule has 1 amide bonds. The molecule has 1 heterocycles. The van der Waals surface area contributed by atoms with Crippen LogP contribution in [0.1, 0.15) is 22.4 Å². The standard InChI is InChI=1S/C27H23ClN4O3/c28-24-4-2-1-3-23(24)26-14-21(31-35-26)17-32(16-20-7-5-19(15-29)6-8-20)25(27(30)34)13-18-9-11-22(33)12-10-18/h1-12,14,25,33H,13,16-17H2,(H2,30,34). The van der Waals surface area contributed by atoms with Gasteiger partial charge >= 0.3 is 0 Å². The molecule has 0 aliphatic rings. The molecule has 0 saturated heterocycles. The predicted molar refractivity (Wildman–Crippen MR) is 132 cm³/mol. The molecule has 1 unspecified atom stereocenters. The van der Waals surface area contributed by atoms with Gasteiger partial charge in [0.15, 0.2) is 5.76 Å². The Kier molecular flexibility index (Phi) is 7.46. The van der Waals surface area contributed by atoms with E-state index >= 15 is 0 Å². The first-order chi connectivity index (χ1) is 16.9. The molecule has 3 aromatic carbocycles. The summed E-state index contributed by atoms with van der Waals surface area (Å²) >= 11 is 6.30. The van der Waals surface area contributed by atoms with Crippen molar-refractivity contribution in [3.05, 3.63) is 106 Å². The number of aromatic nitrogens is 1. The number of hydrogen-bond acceptors (Lipinski definition) is 6. The van der Waals surface area contributed by atoms with E-state index in [-0.39, 0.29) is 5.75 Å². The Morgan fingerprint density at radius 2 is 1.74 bits per heavy atom. The van der Waals surface area contributed by atoms with E-state index in [4.69, 9.17) is 27.1 Å². The van der Waals surface area contributed by atoms with E-state index in [2.05, 4.69) is 11.2 Å². The van der Waals surface area contributed by atoms with Crippen molar-refractivity contribution < 1.29 is 14.4 Å². The van der Waals surface area contributed by atoms with Crippen molar-refractivity contribution in [2.24, 2.45) is 5.73 Å². The second kappa shape index (κ2) is 10.9. The van der Waals surface area contributed by atoms with Crippen LogP contribution >= 0.6 is 11.6 Å². The number of halogens is 1. The number of phenols is 1. The number of nitriles is 1. The molecule has 0 aliphatic carbocycles. The van der Waals surface area contributed by atoms with E-state index in [0.29, 0.717) is 41.6 Å². The summed E-state index contributed by atoms with van der Waals surface area (Å²) in [5, 5.41) is 23.4. The maximum atomic E-state index is 12.6. The third kappa shape index (κ3) is 6.07. The van der Waals surface area contributed by atoms with Crippen LogP contribution in [0.15, 0.2) is 83.4 Å². The number of benzene rings is 3. The Morgan fingerprint density at radius 3 is 2.40 bits per heavy atom. The van der Waals surface area contributed by atoms with E-state index < -0.39 is 11.9 Å². The number of nitrogens with zero attached hydrogens (tertiary/aromatic N) is 3. The highest BCUT2D eigenvalue weighted by molar-refractivity contribution is 6.33. The molecule has 35 heavy (non-hydrogen) atoms. The van der Waals surface area contributed by atoms with Crippen molar-refractivity contribution in [1.82, 2.24) is 10.1 Å². The summed E-state index contributed by atoms with van der Waals surface area (Å²) in [5.41, 5.74) is 9.51. The summed E-state index contributed by atoms with van der Waals surface area (Å²) in [7, 11) is 0. The van der Waals surface area contributed by atoms with Crippen molar-refractivity contribution in [2.75, 3.05) is 0 Å². The Balaban J connectivity index is 1.63. The summed E-state index contributed by atoms with van der Waals surface area (Å²) in [5.74, 6) is 0.188. The SMILES string of the molecule is N#Cc1ccc(CN(Cc2cc(-c3ccccc3Cl)on2)C(Cc2ccc(O)cc2)C(N)=O)cc1. The maximum absolute atomic E-state index is 12.6. The number of amides is 1. The van der Waals surface area contributed by atoms with Gasteiger partial charge in [0, 0.05) is 24.7 Å². The highest BCUT2D eigenvalue weighted by Crippen LogP contribution is 2.29. The molecule has 4 aromatic rings. The minimum atomic E-state index is -0.657. The lowest BCUT2D eigenvalue weighted by atomic mass is 10.0. The highest BCUT2D eigenvalue weighted by Gasteiger charge is 2.26. The molecule has 7 nitrogen and oxygen atoms in total. The van der Waals surface area contributed by atoms with Crippen molar-refractivity contribution in [1.29, 1.82) is 5.26 Å². The molecule has 0 spiro atoms. The van der Waals surface area contributed by atoms with Crippen LogP contribution in [0.4, 0.5) is 0 Å². The van der Waals surface area contributed by atoms with E-state index in [0.717, 1.165) is 16.7 Å². The fourth-order valence-electron chi connectivity index (χ4n) is 3.84. The molecule has 0 fully saturated rings. The fourth-order valence-corrected chi connectivity index (χ4v) is 4.07. The van der Waals surface area contributed by atoms with Gasteiger partial charge in [-0.1, -0.05) is 53.2 Å². The minimum Gasteiger partial charge on any atom is -0.508 e. The summed E-state index contributed by atoms with van der Waals surface area (Å²) < 4.78 is 5.54. The van der Waals surface area contributed by atoms with Gasteiger partial charge in [0.05, 0.1) is 28.4 Å². The van der Waals surface area contributed by atoms with Gasteiger partial charge in [-0.05, 0) is 53.9 Å². The number of phenolic OH excluding ortho intramolecular Hbond substituents is 1. The summed E-state index contributed by atoms with van der Waals surface area (Å²) in [4.78, 5) is 14.5. The second-order valence-corrected chi connectivity index (χ2v) is 8.57. The van der Waals surface area contributed by atoms with E-state index in [1.807, 2.05) is 35.2 Å². The van der Waals surface area contributed by atoms with Crippen molar-refractivity contribution in [2.45, 2.75) is 25.6 Å². The van der Waals surface area contributed by atoms with E-state index in [1.165, 1.54) is 0 Å². The van der Waals surface area contributed by atoms with Crippen LogP contribution in [0.25, 0.3) is 11.3 Å². The Morgan fingerprint density at radius 1 is 1.06 bits per heavy atom. The first-order valence-corrected chi connectivity index (χ1v) is 11.3. The summed E-state index contributed by atoms with van der Waals surface area (Å²) in [6.45, 7) is 0.686. The fraction of sp³-hybridized carbons (Fsp3) is 0.148. The molecule has 0 bridgehead atoms. The Bertz CT molecular complexity index is 1340. The Labute approximate surface area is 208 Å².